The summed E-state index contributed by atoms with van der Waals surface area (Å²) in [4.78, 5) is 38.6. The molecule has 8 heteroatoms. The molecule has 1 aromatic heterocycles. The molecule has 0 fully saturated rings. The lowest BCUT2D eigenvalue weighted by Crippen LogP contribution is -2.39. The van der Waals surface area contributed by atoms with Crippen LogP contribution < -0.4 is 16.4 Å². The molecule has 1 aliphatic rings. The maximum Gasteiger partial charge on any atom is 0.251 e. The summed E-state index contributed by atoms with van der Waals surface area (Å²) in [6, 6.07) is 0. The summed E-state index contributed by atoms with van der Waals surface area (Å²) in [5.41, 5.74) is 6.97. The van der Waals surface area contributed by atoms with Crippen LogP contribution in [-0.2, 0) is 22.4 Å². The molecule has 1 aliphatic carbocycles. The molecular formula is C17H26N4O3S. The van der Waals surface area contributed by atoms with Crippen LogP contribution in [0, 0.1) is 0 Å². The Kier molecular flexibility index (Phi) is 6.95. The highest BCUT2D eigenvalue weighted by Crippen LogP contribution is 2.37. The van der Waals surface area contributed by atoms with Crippen LogP contribution in [0.2, 0.25) is 0 Å². The van der Waals surface area contributed by atoms with E-state index in [0.29, 0.717) is 17.1 Å². The Morgan fingerprint density at radius 3 is 2.52 bits per heavy atom. The molecule has 0 unspecified atom stereocenters. The Hall–Kier alpha value is -1.93. The fourth-order valence-electron chi connectivity index (χ4n) is 2.95. The molecule has 0 aromatic carbocycles. The normalized spacial score (nSPS) is 13.4. The fraction of sp³-hybridized carbons (Fsp3) is 0.588. The van der Waals surface area contributed by atoms with Crippen molar-refractivity contribution >= 4 is 34.1 Å². The Morgan fingerprint density at radius 1 is 1.16 bits per heavy atom. The molecule has 138 valence electrons. The molecule has 7 nitrogen and oxygen atoms in total. The van der Waals surface area contributed by atoms with Crippen LogP contribution in [0.1, 0.15) is 47.0 Å². The maximum absolute atomic E-state index is 12.3. The Morgan fingerprint density at radius 2 is 1.84 bits per heavy atom. The average molecular weight is 366 g/mol. The minimum absolute atomic E-state index is 0.0698. The van der Waals surface area contributed by atoms with Crippen molar-refractivity contribution in [3.63, 3.8) is 0 Å². The number of anilines is 1. The first kappa shape index (κ1) is 19.4. The molecular weight excluding hydrogens is 340 g/mol. The third-order valence-corrected chi connectivity index (χ3v) is 5.28. The highest BCUT2D eigenvalue weighted by atomic mass is 32.1. The minimum Gasteiger partial charge on any atom is -0.365 e. The number of thiophene rings is 1. The van der Waals surface area contributed by atoms with Crippen LogP contribution >= 0.6 is 11.3 Å². The molecule has 1 aromatic rings. The number of fused-ring (bicyclic) bond motifs is 1. The average Bonchev–Trinajstić information content (AvgIpc) is 2.90. The van der Waals surface area contributed by atoms with Gasteiger partial charge in [-0.3, -0.25) is 19.3 Å². The molecule has 2 rings (SSSR count). The van der Waals surface area contributed by atoms with Gasteiger partial charge in [-0.2, -0.15) is 0 Å². The van der Waals surface area contributed by atoms with E-state index in [1.807, 2.05) is 6.92 Å². The van der Waals surface area contributed by atoms with Crippen molar-refractivity contribution in [2.24, 2.45) is 5.73 Å². The summed E-state index contributed by atoms with van der Waals surface area (Å²) in [5.74, 6) is -0.865. The molecule has 0 radical (unpaired) electrons. The van der Waals surface area contributed by atoms with Gasteiger partial charge in [0.1, 0.15) is 5.00 Å². The van der Waals surface area contributed by atoms with E-state index in [0.717, 1.165) is 42.5 Å². The zero-order valence-electron chi connectivity index (χ0n) is 14.8. The molecule has 0 bridgehead atoms. The highest BCUT2D eigenvalue weighted by Gasteiger charge is 2.25. The second-order valence-corrected chi connectivity index (χ2v) is 7.45. The van der Waals surface area contributed by atoms with Crippen molar-refractivity contribution in [1.29, 1.82) is 0 Å². The minimum atomic E-state index is -0.498. The number of hydrogen-bond acceptors (Lipinski definition) is 5. The zero-order valence-corrected chi connectivity index (χ0v) is 15.6. The molecule has 3 amide bonds. The summed E-state index contributed by atoms with van der Waals surface area (Å²) in [6.45, 7) is 2.83. The quantitative estimate of drug-likeness (QED) is 0.641. The van der Waals surface area contributed by atoms with Crippen molar-refractivity contribution in [2.45, 2.75) is 39.0 Å². The van der Waals surface area contributed by atoms with E-state index in [2.05, 4.69) is 10.6 Å². The van der Waals surface area contributed by atoms with Gasteiger partial charge in [0.05, 0.1) is 18.7 Å². The summed E-state index contributed by atoms with van der Waals surface area (Å²) >= 11 is 1.44. The third kappa shape index (κ3) is 5.27. The number of likely N-dealkylation sites (N-methyl/N-ethyl adjacent to an activating group) is 1. The first-order valence-corrected chi connectivity index (χ1v) is 9.43. The highest BCUT2D eigenvalue weighted by molar-refractivity contribution is 7.17. The van der Waals surface area contributed by atoms with Crippen LogP contribution in [0.25, 0.3) is 0 Å². The number of nitrogens with zero attached hydrogens (tertiary/aromatic N) is 1. The Labute approximate surface area is 151 Å². The number of rotatable bonds is 8. The van der Waals surface area contributed by atoms with Crippen LogP contribution in [0.5, 0.6) is 0 Å². The molecule has 1 heterocycles. The number of amides is 3. The molecule has 0 saturated heterocycles. The molecule has 0 atom stereocenters. The van der Waals surface area contributed by atoms with Crippen molar-refractivity contribution in [2.75, 3.05) is 32.0 Å². The van der Waals surface area contributed by atoms with Gasteiger partial charge in [-0.25, -0.2) is 0 Å². The number of nitrogens with one attached hydrogen (secondary N) is 2. The Balaban J connectivity index is 1.97. The lowest BCUT2D eigenvalue weighted by Gasteiger charge is -2.15. The predicted octanol–water partition coefficient (Wildman–Crippen LogP) is 1.12. The second kappa shape index (κ2) is 8.96. The zero-order chi connectivity index (χ0) is 18.4. The van der Waals surface area contributed by atoms with Crippen molar-refractivity contribution < 1.29 is 14.4 Å². The molecule has 0 spiro atoms. The Bertz CT molecular complexity index is 657. The molecule has 4 N–H and O–H groups in total. The van der Waals surface area contributed by atoms with Gasteiger partial charge < -0.3 is 16.4 Å². The van der Waals surface area contributed by atoms with Gasteiger partial charge in [0, 0.05) is 11.4 Å². The summed E-state index contributed by atoms with van der Waals surface area (Å²) in [5, 5.41) is 6.11. The largest absolute Gasteiger partial charge is 0.365 e. The predicted molar refractivity (Wildman–Crippen MR) is 98.9 cm³/mol. The molecule has 25 heavy (non-hydrogen) atoms. The van der Waals surface area contributed by atoms with E-state index in [9.17, 15) is 14.4 Å². The number of carbonyl (C=O) groups excluding carboxylic acids is 3. The smallest absolute Gasteiger partial charge is 0.251 e. The number of nitrogens with two attached hydrogens (primary N) is 1. The van der Waals surface area contributed by atoms with Crippen LogP contribution in [0.3, 0.4) is 0 Å². The van der Waals surface area contributed by atoms with Gasteiger partial charge in [-0.15, -0.1) is 11.3 Å². The summed E-state index contributed by atoms with van der Waals surface area (Å²) in [6.07, 6.45) is 4.75. The number of carbonyl (C=O) groups is 3. The second-order valence-electron chi connectivity index (χ2n) is 6.35. The number of primary amides is 1. The lowest BCUT2D eigenvalue weighted by atomic mass is 9.95. The van der Waals surface area contributed by atoms with E-state index in [1.165, 1.54) is 11.3 Å². The third-order valence-electron chi connectivity index (χ3n) is 4.07. The standard InChI is InChI=1S/C17H26N4O3S/c1-3-8-19-13(22)9-21(2)10-14(23)20-17-15(16(18)24)11-6-4-5-7-12(11)25-17/h3-10H2,1-2H3,(H2,18,24)(H,19,22)(H,20,23). The topological polar surface area (TPSA) is 105 Å². The van der Waals surface area contributed by atoms with Gasteiger partial charge in [0.15, 0.2) is 0 Å². The van der Waals surface area contributed by atoms with E-state index in [1.54, 1.807) is 11.9 Å². The van der Waals surface area contributed by atoms with Gasteiger partial charge in [-0.05, 0) is 44.7 Å². The summed E-state index contributed by atoms with van der Waals surface area (Å²) < 4.78 is 0. The number of hydrogen-bond donors (Lipinski definition) is 3. The van der Waals surface area contributed by atoms with E-state index < -0.39 is 5.91 Å². The molecule has 0 saturated carbocycles. The van der Waals surface area contributed by atoms with Crippen molar-refractivity contribution in [3.8, 4) is 0 Å². The van der Waals surface area contributed by atoms with Gasteiger partial charge in [0.2, 0.25) is 11.8 Å². The van der Waals surface area contributed by atoms with Crippen LogP contribution in [-0.4, -0.2) is 49.3 Å². The van der Waals surface area contributed by atoms with Gasteiger partial charge in [-0.1, -0.05) is 6.92 Å². The van der Waals surface area contributed by atoms with E-state index in [-0.39, 0.29) is 24.9 Å². The van der Waals surface area contributed by atoms with E-state index >= 15 is 0 Å². The van der Waals surface area contributed by atoms with Crippen LogP contribution in [0.4, 0.5) is 5.00 Å². The summed E-state index contributed by atoms with van der Waals surface area (Å²) in [7, 11) is 1.71. The number of aryl methyl sites for hydroxylation is 1. The maximum atomic E-state index is 12.3. The monoisotopic (exact) mass is 366 g/mol. The van der Waals surface area contributed by atoms with Crippen molar-refractivity contribution in [3.05, 3.63) is 16.0 Å². The van der Waals surface area contributed by atoms with Crippen molar-refractivity contribution in [1.82, 2.24) is 10.2 Å². The first-order valence-electron chi connectivity index (χ1n) is 8.61. The van der Waals surface area contributed by atoms with Gasteiger partial charge in [0.25, 0.3) is 5.91 Å². The van der Waals surface area contributed by atoms with Crippen LogP contribution in [0.15, 0.2) is 0 Å². The fourth-order valence-corrected chi connectivity index (χ4v) is 4.26. The first-order chi connectivity index (χ1) is 11.9. The van der Waals surface area contributed by atoms with Gasteiger partial charge >= 0.3 is 0 Å². The molecule has 0 aliphatic heterocycles. The van der Waals surface area contributed by atoms with E-state index in [4.69, 9.17) is 5.73 Å². The lowest BCUT2D eigenvalue weighted by molar-refractivity contribution is -0.122. The SMILES string of the molecule is CCCNC(=O)CN(C)CC(=O)Nc1sc2c(c1C(N)=O)CCCC2.